The van der Waals surface area contributed by atoms with Crippen molar-refractivity contribution >= 4 is 17.7 Å². The third-order valence-electron chi connectivity index (χ3n) is 6.53. The van der Waals surface area contributed by atoms with Crippen LogP contribution >= 0.6 is 0 Å². The maximum atomic E-state index is 12.6. The highest BCUT2D eigenvalue weighted by Crippen LogP contribution is 2.23. The van der Waals surface area contributed by atoms with Gasteiger partial charge in [-0.15, -0.1) is 0 Å². The molecule has 1 saturated heterocycles. The van der Waals surface area contributed by atoms with Gasteiger partial charge in [-0.05, 0) is 43.0 Å². The molecule has 0 aromatic heterocycles. The minimum atomic E-state index is -0.203. The van der Waals surface area contributed by atoms with Crippen LogP contribution in [0.1, 0.15) is 57.5 Å². The van der Waals surface area contributed by atoms with Crippen molar-refractivity contribution in [3.8, 4) is 0 Å². The van der Waals surface area contributed by atoms with E-state index in [-0.39, 0.29) is 17.7 Å². The maximum absolute atomic E-state index is 12.6. The molecule has 1 fully saturated rings. The van der Waals surface area contributed by atoms with Crippen molar-refractivity contribution in [3.05, 3.63) is 70.8 Å². The average molecular weight is 434 g/mol. The second-order valence-corrected chi connectivity index (χ2v) is 8.70. The molecule has 2 heterocycles. The van der Waals surface area contributed by atoms with Crippen LogP contribution in [0.5, 0.6) is 0 Å². The number of benzene rings is 2. The fraction of sp³-hybridized carbons (Fsp3) is 0.423. The number of hydrogen-bond acceptors (Lipinski definition) is 4. The predicted octanol–water partition coefficient (Wildman–Crippen LogP) is 3.50. The van der Waals surface area contributed by atoms with E-state index in [1.54, 1.807) is 24.3 Å². The average Bonchev–Trinajstić information content (AvgIpc) is 3.05. The minimum Gasteiger partial charge on any atom is -0.340 e. The highest BCUT2D eigenvalue weighted by Gasteiger charge is 2.34. The zero-order valence-electron chi connectivity index (χ0n) is 18.8. The molecule has 168 valence electrons. The quantitative estimate of drug-likeness (QED) is 0.472. The molecule has 3 amide bonds. The largest absolute Gasteiger partial charge is 0.340 e. The molecule has 0 unspecified atom stereocenters. The number of carbonyl (C=O) groups is 3. The standard InChI is InChI=1S/C26H31N3O3/c1-20-9-4-5-10-21(20)19-27-15-17-28(18-16-27)24(30)13-3-2-8-14-29-25(31)22-11-6-7-12-23(22)26(29)32/h4-7,9-12H,2-3,8,13-19H2,1H3. The smallest absolute Gasteiger partial charge is 0.261 e. The fourth-order valence-electron chi connectivity index (χ4n) is 4.51. The van der Waals surface area contributed by atoms with E-state index in [0.29, 0.717) is 24.1 Å². The van der Waals surface area contributed by atoms with E-state index in [4.69, 9.17) is 0 Å². The number of amides is 3. The van der Waals surface area contributed by atoms with Gasteiger partial charge in [-0.1, -0.05) is 42.8 Å². The first-order valence-electron chi connectivity index (χ1n) is 11.5. The first-order valence-corrected chi connectivity index (χ1v) is 11.5. The van der Waals surface area contributed by atoms with Crippen LogP contribution in [0, 0.1) is 6.92 Å². The van der Waals surface area contributed by atoms with Gasteiger partial charge in [0.2, 0.25) is 5.91 Å². The summed E-state index contributed by atoms with van der Waals surface area (Å²) in [5.74, 6) is -0.197. The van der Waals surface area contributed by atoms with Gasteiger partial charge in [0.05, 0.1) is 11.1 Å². The Hall–Kier alpha value is -2.99. The van der Waals surface area contributed by atoms with E-state index in [1.807, 2.05) is 4.90 Å². The van der Waals surface area contributed by atoms with Crippen molar-refractivity contribution < 1.29 is 14.4 Å². The summed E-state index contributed by atoms with van der Waals surface area (Å²) in [4.78, 5) is 43.1. The van der Waals surface area contributed by atoms with Gasteiger partial charge in [-0.3, -0.25) is 24.2 Å². The third kappa shape index (κ3) is 4.91. The second kappa shape index (κ2) is 10.1. The summed E-state index contributed by atoms with van der Waals surface area (Å²) in [6.07, 6.45) is 2.86. The van der Waals surface area contributed by atoms with Gasteiger partial charge in [0.1, 0.15) is 0 Å². The maximum Gasteiger partial charge on any atom is 0.261 e. The van der Waals surface area contributed by atoms with E-state index >= 15 is 0 Å². The summed E-state index contributed by atoms with van der Waals surface area (Å²) >= 11 is 0. The molecule has 2 aliphatic heterocycles. The molecule has 0 atom stereocenters. The number of nitrogens with zero attached hydrogens (tertiary/aromatic N) is 3. The van der Waals surface area contributed by atoms with Crippen LogP contribution in [0.2, 0.25) is 0 Å². The summed E-state index contributed by atoms with van der Waals surface area (Å²) in [5, 5.41) is 0. The number of unbranched alkanes of at least 4 members (excludes halogenated alkanes) is 2. The van der Waals surface area contributed by atoms with Gasteiger partial charge in [-0.2, -0.15) is 0 Å². The van der Waals surface area contributed by atoms with Crippen molar-refractivity contribution in [1.29, 1.82) is 0 Å². The minimum absolute atomic E-state index is 0.203. The van der Waals surface area contributed by atoms with Gasteiger partial charge in [0.25, 0.3) is 11.8 Å². The lowest BCUT2D eigenvalue weighted by atomic mass is 10.1. The number of rotatable bonds is 8. The molecule has 2 aromatic rings. The van der Waals surface area contributed by atoms with Gasteiger partial charge in [0, 0.05) is 45.7 Å². The first-order chi connectivity index (χ1) is 15.5. The Morgan fingerprint density at radius 3 is 2.09 bits per heavy atom. The molecule has 2 aromatic carbocycles. The third-order valence-corrected chi connectivity index (χ3v) is 6.53. The summed E-state index contributed by atoms with van der Waals surface area (Å²) in [6.45, 7) is 6.85. The molecule has 6 nitrogen and oxygen atoms in total. The van der Waals surface area contributed by atoms with Gasteiger partial charge < -0.3 is 4.90 Å². The van der Waals surface area contributed by atoms with Crippen LogP contribution in [0.3, 0.4) is 0 Å². The van der Waals surface area contributed by atoms with Gasteiger partial charge >= 0.3 is 0 Å². The lowest BCUT2D eigenvalue weighted by molar-refractivity contribution is -0.133. The number of carbonyl (C=O) groups excluding carboxylic acids is 3. The Labute approximate surface area is 189 Å². The highest BCUT2D eigenvalue weighted by molar-refractivity contribution is 6.21. The predicted molar refractivity (Wildman–Crippen MR) is 123 cm³/mol. The first kappa shape index (κ1) is 22.2. The lowest BCUT2D eigenvalue weighted by Gasteiger charge is -2.35. The van der Waals surface area contributed by atoms with E-state index < -0.39 is 0 Å². The van der Waals surface area contributed by atoms with Crippen LogP contribution in [0.25, 0.3) is 0 Å². The van der Waals surface area contributed by atoms with Gasteiger partial charge in [0.15, 0.2) is 0 Å². The molecular weight excluding hydrogens is 402 g/mol. The Morgan fingerprint density at radius 1 is 0.812 bits per heavy atom. The Balaban J connectivity index is 1.13. The van der Waals surface area contributed by atoms with Crippen molar-refractivity contribution in [2.75, 3.05) is 32.7 Å². The second-order valence-electron chi connectivity index (χ2n) is 8.70. The van der Waals surface area contributed by atoms with E-state index in [1.165, 1.54) is 16.0 Å². The van der Waals surface area contributed by atoms with Crippen molar-refractivity contribution in [2.45, 2.75) is 39.2 Å². The zero-order chi connectivity index (χ0) is 22.5. The summed E-state index contributed by atoms with van der Waals surface area (Å²) < 4.78 is 0. The van der Waals surface area contributed by atoms with Crippen molar-refractivity contribution in [3.63, 3.8) is 0 Å². The zero-order valence-corrected chi connectivity index (χ0v) is 18.8. The summed E-state index contributed by atoms with van der Waals surface area (Å²) in [6, 6.07) is 15.4. The molecule has 0 aliphatic carbocycles. The lowest BCUT2D eigenvalue weighted by Crippen LogP contribution is -2.48. The van der Waals surface area contributed by atoms with Crippen LogP contribution in [-0.2, 0) is 11.3 Å². The molecule has 0 radical (unpaired) electrons. The van der Waals surface area contributed by atoms with Crippen molar-refractivity contribution in [2.24, 2.45) is 0 Å². The Morgan fingerprint density at radius 2 is 1.44 bits per heavy atom. The topological polar surface area (TPSA) is 60.9 Å². The molecule has 0 N–H and O–H groups in total. The molecule has 2 aliphatic rings. The SMILES string of the molecule is Cc1ccccc1CN1CCN(C(=O)CCCCCN2C(=O)c3ccccc3C2=O)CC1. The molecular formula is C26H31N3O3. The number of hydrogen-bond donors (Lipinski definition) is 0. The highest BCUT2D eigenvalue weighted by atomic mass is 16.2. The van der Waals surface area contributed by atoms with Crippen LogP contribution in [-0.4, -0.2) is 65.1 Å². The molecule has 0 saturated carbocycles. The number of fused-ring (bicyclic) bond motifs is 1. The summed E-state index contributed by atoms with van der Waals surface area (Å²) in [7, 11) is 0. The van der Waals surface area contributed by atoms with Crippen molar-refractivity contribution in [1.82, 2.24) is 14.7 Å². The summed E-state index contributed by atoms with van der Waals surface area (Å²) in [5.41, 5.74) is 3.65. The molecule has 32 heavy (non-hydrogen) atoms. The number of aryl methyl sites for hydroxylation is 1. The van der Waals surface area contributed by atoms with Crippen LogP contribution < -0.4 is 0 Å². The molecule has 0 bridgehead atoms. The number of piperazine rings is 1. The molecule has 4 rings (SSSR count). The van der Waals surface area contributed by atoms with Gasteiger partial charge in [-0.25, -0.2) is 0 Å². The number of imide groups is 1. The molecule has 0 spiro atoms. The Bertz CT molecular complexity index is 960. The monoisotopic (exact) mass is 433 g/mol. The Kier molecular flexibility index (Phi) is 7.00. The van der Waals surface area contributed by atoms with E-state index in [9.17, 15) is 14.4 Å². The molecule has 6 heteroatoms. The van der Waals surface area contributed by atoms with E-state index in [0.717, 1.165) is 52.0 Å². The normalized spacial score (nSPS) is 16.5. The van der Waals surface area contributed by atoms with Crippen LogP contribution in [0.15, 0.2) is 48.5 Å². The fourth-order valence-corrected chi connectivity index (χ4v) is 4.51. The van der Waals surface area contributed by atoms with E-state index in [2.05, 4.69) is 36.1 Å². The van der Waals surface area contributed by atoms with Crippen LogP contribution in [0.4, 0.5) is 0 Å².